The zero-order valence-corrected chi connectivity index (χ0v) is 14.6. The van der Waals surface area contributed by atoms with Crippen LogP contribution in [0.5, 0.6) is 0 Å². The van der Waals surface area contributed by atoms with Crippen molar-refractivity contribution in [2.24, 2.45) is 0 Å². The van der Waals surface area contributed by atoms with Crippen molar-refractivity contribution in [3.8, 4) is 0 Å². The number of para-hydroxylation sites is 1. The molecule has 0 radical (unpaired) electrons. The summed E-state index contributed by atoms with van der Waals surface area (Å²) in [7, 11) is 0. The largest absolute Gasteiger partial charge is 0.322 e. The van der Waals surface area contributed by atoms with Crippen LogP contribution in [0, 0.1) is 5.82 Å². The zero-order chi connectivity index (χ0) is 17.9. The molecule has 1 heterocycles. The van der Waals surface area contributed by atoms with Crippen molar-refractivity contribution in [2.45, 2.75) is 6.42 Å². The first-order valence-corrected chi connectivity index (χ1v) is 9.00. The molecule has 0 aliphatic heterocycles. The van der Waals surface area contributed by atoms with Gasteiger partial charge < -0.3 is 5.32 Å². The number of aromatic nitrogens is 1. The number of hydrogen-bond acceptors (Lipinski definition) is 3. The van der Waals surface area contributed by atoms with E-state index in [1.807, 2.05) is 42.5 Å². The second-order valence-electron chi connectivity index (χ2n) is 5.88. The van der Waals surface area contributed by atoms with E-state index in [0.29, 0.717) is 5.69 Å². The third-order valence-electron chi connectivity index (χ3n) is 4.02. The van der Waals surface area contributed by atoms with Gasteiger partial charge in [0, 0.05) is 12.1 Å². The lowest BCUT2D eigenvalue weighted by atomic mass is 10.1. The van der Waals surface area contributed by atoms with Gasteiger partial charge in [-0.2, -0.15) is 0 Å². The fraction of sp³-hybridized carbons (Fsp3) is 0.0476. The van der Waals surface area contributed by atoms with Crippen molar-refractivity contribution >= 4 is 33.1 Å². The average molecular weight is 362 g/mol. The predicted octanol–water partition coefficient (Wildman–Crippen LogP) is 5.28. The molecule has 1 aromatic heterocycles. The molecule has 128 valence electrons. The molecule has 0 spiro atoms. The number of benzene rings is 3. The van der Waals surface area contributed by atoms with Gasteiger partial charge in [0.15, 0.2) is 0 Å². The van der Waals surface area contributed by atoms with E-state index < -0.39 is 11.7 Å². The van der Waals surface area contributed by atoms with E-state index in [1.54, 1.807) is 23.5 Å². The van der Waals surface area contributed by atoms with E-state index in [4.69, 9.17) is 0 Å². The van der Waals surface area contributed by atoms with Crippen molar-refractivity contribution in [3.05, 3.63) is 94.7 Å². The Bertz CT molecular complexity index is 1040. The Kier molecular flexibility index (Phi) is 4.46. The third kappa shape index (κ3) is 3.48. The second-order valence-corrected chi connectivity index (χ2v) is 7.00. The molecule has 5 heteroatoms. The molecule has 0 saturated carbocycles. The quantitative estimate of drug-likeness (QED) is 0.537. The number of hydrogen-bond donors (Lipinski definition) is 1. The number of thiazole rings is 1. The molecular weight excluding hydrogens is 347 g/mol. The van der Waals surface area contributed by atoms with E-state index >= 15 is 0 Å². The number of halogens is 1. The minimum Gasteiger partial charge on any atom is -0.322 e. The highest BCUT2D eigenvalue weighted by molar-refractivity contribution is 7.18. The Labute approximate surface area is 154 Å². The van der Waals surface area contributed by atoms with Crippen LogP contribution in [-0.2, 0) is 6.42 Å². The van der Waals surface area contributed by atoms with E-state index in [1.165, 1.54) is 16.8 Å². The number of carbonyl (C=O) groups is 1. The van der Waals surface area contributed by atoms with Crippen LogP contribution >= 0.6 is 11.3 Å². The third-order valence-corrected chi connectivity index (χ3v) is 5.06. The van der Waals surface area contributed by atoms with Crippen molar-refractivity contribution < 1.29 is 9.18 Å². The summed E-state index contributed by atoms with van der Waals surface area (Å²) in [5.74, 6) is -0.987. The fourth-order valence-corrected chi connectivity index (χ4v) is 3.72. The molecular formula is C21H15FN2OS. The van der Waals surface area contributed by atoms with Gasteiger partial charge in [-0.3, -0.25) is 4.79 Å². The molecule has 0 atom stereocenters. The standard InChI is InChI=1S/C21H15FN2OS/c22-17-6-2-1-5-16(17)21(25)23-15-11-9-14(10-12-15)13-20-24-18-7-3-4-8-19(18)26-20/h1-12H,13H2,(H,23,25). The first-order valence-electron chi connectivity index (χ1n) is 8.18. The number of fused-ring (bicyclic) bond motifs is 1. The number of nitrogens with zero attached hydrogens (tertiary/aromatic N) is 1. The van der Waals surface area contributed by atoms with Crippen LogP contribution in [0.15, 0.2) is 72.8 Å². The summed E-state index contributed by atoms with van der Waals surface area (Å²) in [5.41, 5.74) is 2.78. The van der Waals surface area contributed by atoms with Crippen LogP contribution < -0.4 is 5.32 Å². The molecule has 1 N–H and O–H groups in total. The second kappa shape index (κ2) is 7.06. The van der Waals surface area contributed by atoms with Crippen molar-refractivity contribution in [3.63, 3.8) is 0 Å². The van der Waals surface area contributed by atoms with Crippen LogP contribution in [0.1, 0.15) is 20.9 Å². The predicted molar refractivity (Wildman–Crippen MR) is 103 cm³/mol. The lowest BCUT2D eigenvalue weighted by molar-refractivity contribution is 0.102. The Morgan fingerprint density at radius 1 is 0.962 bits per heavy atom. The molecule has 0 unspecified atom stereocenters. The van der Waals surface area contributed by atoms with Gasteiger partial charge in [0.1, 0.15) is 5.82 Å². The molecule has 0 aliphatic rings. The fourth-order valence-electron chi connectivity index (χ4n) is 2.72. The SMILES string of the molecule is O=C(Nc1ccc(Cc2nc3ccccc3s2)cc1)c1ccccc1F. The smallest absolute Gasteiger partial charge is 0.258 e. The normalized spacial score (nSPS) is 10.8. The van der Waals surface area contributed by atoms with E-state index in [2.05, 4.69) is 16.4 Å². The van der Waals surface area contributed by atoms with E-state index in [9.17, 15) is 9.18 Å². The van der Waals surface area contributed by atoms with Gasteiger partial charge in [0.25, 0.3) is 5.91 Å². The zero-order valence-electron chi connectivity index (χ0n) is 13.8. The van der Waals surface area contributed by atoms with Crippen LogP contribution in [0.2, 0.25) is 0 Å². The first kappa shape index (κ1) is 16.4. The summed E-state index contributed by atoms with van der Waals surface area (Å²) in [4.78, 5) is 16.8. The minimum atomic E-state index is -0.530. The Balaban J connectivity index is 1.46. The Hall–Kier alpha value is -3.05. The van der Waals surface area contributed by atoms with E-state index in [-0.39, 0.29) is 5.56 Å². The molecule has 3 nitrogen and oxygen atoms in total. The van der Waals surface area contributed by atoms with Gasteiger partial charge in [-0.25, -0.2) is 9.37 Å². The van der Waals surface area contributed by atoms with Gasteiger partial charge in [-0.15, -0.1) is 11.3 Å². The maximum absolute atomic E-state index is 13.7. The first-order chi connectivity index (χ1) is 12.7. The number of rotatable bonds is 4. The van der Waals surface area contributed by atoms with Crippen molar-refractivity contribution in [2.75, 3.05) is 5.32 Å². The van der Waals surface area contributed by atoms with Crippen molar-refractivity contribution in [1.29, 1.82) is 0 Å². The molecule has 0 fully saturated rings. The molecule has 0 bridgehead atoms. The topological polar surface area (TPSA) is 42.0 Å². The number of anilines is 1. The Morgan fingerprint density at radius 2 is 1.69 bits per heavy atom. The number of carbonyl (C=O) groups excluding carboxylic acids is 1. The minimum absolute atomic E-state index is 0.0334. The summed E-state index contributed by atoms with van der Waals surface area (Å²) in [6, 6.07) is 21.5. The molecule has 1 amide bonds. The van der Waals surface area contributed by atoms with Crippen LogP contribution in [0.25, 0.3) is 10.2 Å². The maximum atomic E-state index is 13.7. The lowest BCUT2D eigenvalue weighted by Crippen LogP contribution is -2.13. The maximum Gasteiger partial charge on any atom is 0.258 e. The summed E-state index contributed by atoms with van der Waals surface area (Å²) in [6.45, 7) is 0. The van der Waals surface area contributed by atoms with Gasteiger partial charge in [-0.05, 0) is 42.0 Å². The number of amides is 1. The van der Waals surface area contributed by atoms with Crippen LogP contribution in [-0.4, -0.2) is 10.9 Å². The van der Waals surface area contributed by atoms with Gasteiger partial charge in [0.05, 0.1) is 20.8 Å². The molecule has 26 heavy (non-hydrogen) atoms. The monoisotopic (exact) mass is 362 g/mol. The molecule has 4 rings (SSSR count). The lowest BCUT2D eigenvalue weighted by Gasteiger charge is -2.07. The highest BCUT2D eigenvalue weighted by Gasteiger charge is 2.11. The van der Waals surface area contributed by atoms with Gasteiger partial charge in [0.2, 0.25) is 0 Å². The highest BCUT2D eigenvalue weighted by Crippen LogP contribution is 2.24. The molecule has 0 aliphatic carbocycles. The Morgan fingerprint density at radius 3 is 2.46 bits per heavy atom. The van der Waals surface area contributed by atoms with Gasteiger partial charge >= 0.3 is 0 Å². The molecule has 3 aromatic carbocycles. The summed E-state index contributed by atoms with van der Waals surface area (Å²) in [6.07, 6.45) is 0.737. The van der Waals surface area contributed by atoms with Gasteiger partial charge in [-0.1, -0.05) is 36.4 Å². The van der Waals surface area contributed by atoms with E-state index in [0.717, 1.165) is 22.5 Å². The summed E-state index contributed by atoms with van der Waals surface area (Å²) >= 11 is 1.68. The average Bonchev–Trinajstić information content (AvgIpc) is 3.06. The number of nitrogens with one attached hydrogen (secondary N) is 1. The molecule has 0 saturated heterocycles. The van der Waals surface area contributed by atoms with Crippen LogP contribution in [0.4, 0.5) is 10.1 Å². The van der Waals surface area contributed by atoms with Crippen molar-refractivity contribution in [1.82, 2.24) is 4.98 Å². The molecule has 4 aromatic rings. The highest BCUT2D eigenvalue weighted by atomic mass is 32.1. The summed E-state index contributed by atoms with van der Waals surface area (Å²) < 4.78 is 14.8. The summed E-state index contributed by atoms with van der Waals surface area (Å²) in [5, 5.41) is 3.77. The van der Waals surface area contributed by atoms with Crippen LogP contribution in [0.3, 0.4) is 0 Å².